The van der Waals surface area contributed by atoms with Gasteiger partial charge in [0.25, 0.3) is 0 Å². The van der Waals surface area contributed by atoms with Crippen LogP contribution in [0, 0.1) is 5.41 Å². The van der Waals surface area contributed by atoms with E-state index in [1.54, 1.807) is 0 Å². The molecule has 88 valence electrons. The van der Waals surface area contributed by atoms with E-state index in [1.165, 1.54) is 0 Å². The second-order valence-electron chi connectivity index (χ2n) is 4.25. The van der Waals surface area contributed by atoms with Crippen molar-refractivity contribution in [1.29, 1.82) is 0 Å². The van der Waals surface area contributed by atoms with Crippen LogP contribution in [0.4, 0.5) is 0 Å². The van der Waals surface area contributed by atoms with E-state index in [9.17, 15) is 4.79 Å². The molecule has 0 aliphatic carbocycles. The van der Waals surface area contributed by atoms with Crippen LogP contribution in [-0.2, 0) is 4.79 Å². The minimum atomic E-state index is -0.215. The number of amides is 1. The Kier molecular flexibility index (Phi) is 5.05. The molecule has 1 fully saturated rings. The first-order valence-corrected chi connectivity index (χ1v) is 5.85. The van der Waals surface area contributed by atoms with Crippen molar-refractivity contribution < 1.29 is 9.90 Å². The lowest BCUT2D eigenvalue weighted by Crippen LogP contribution is -2.50. The van der Waals surface area contributed by atoms with Gasteiger partial charge in [0.15, 0.2) is 0 Å². The molecule has 1 atom stereocenters. The van der Waals surface area contributed by atoms with Crippen molar-refractivity contribution in [2.45, 2.75) is 32.6 Å². The quantitative estimate of drug-likeness (QED) is 0.575. The molecule has 1 saturated heterocycles. The number of hydrogen-bond donors (Lipinski definition) is 3. The van der Waals surface area contributed by atoms with Crippen molar-refractivity contribution in [2.24, 2.45) is 5.41 Å². The van der Waals surface area contributed by atoms with Crippen molar-refractivity contribution in [1.82, 2.24) is 10.6 Å². The molecule has 1 rings (SSSR count). The number of carbonyl (C=O) groups is 1. The molecule has 4 heteroatoms. The smallest absolute Gasteiger partial charge is 0.227 e. The largest absolute Gasteiger partial charge is 0.396 e. The minimum Gasteiger partial charge on any atom is -0.396 e. The van der Waals surface area contributed by atoms with E-state index in [1.807, 2.05) is 0 Å². The molecule has 0 aromatic rings. The summed E-state index contributed by atoms with van der Waals surface area (Å²) in [6.07, 6.45) is 3.56. The van der Waals surface area contributed by atoms with E-state index in [0.29, 0.717) is 13.0 Å². The fourth-order valence-corrected chi connectivity index (χ4v) is 2.09. The summed E-state index contributed by atoms with van der Waals surface area (Å²) >= 11 is 0. The third-order valence-corrected chi connectivity index (χ3v) is 3.25. The molecule has 3 N–H and O–H groups in total. The van der Waals surface area contributed by atoms with Crippen molar-refractivity contribution in [2.75, 3.05) is 26.2 Å². The second kappa shape index (κ2) is 6.08. The first-order chi connectivity index (χ1) is 7.25. The maximum absolute atomic E-state index is 12.0. The van der Waals surface area contributed by atoms with Crippen molar-refractivity contribution >= 4 is 5.91 Å². The predicted molar refractivity (Wildman–Crippen MR) is 59.5 cm³/mol. The Hall–Kier alpha value is -0.610. The third-order valence-electron chi connectivity index (χ3n) is 3.25. The molecule has 0 aromatic carbocycles. The Morgan fingerprint density at radius 1 is 1.60 bits per heavy atom. The van der Waals surface area contributed by atoms with E-state index in [4.69, 9.17) is 5.11 Å². The van der Waals surface area contributed by atoms with Crippen molar-refractivity contribution in [3.8, 4) is 0 Å². The summed E-state index contributed by atoms with van der Waals surface area (Å²) in [6, 6.07) is 0. The summed E-state index contributed by atoms with van der Waals surface area (Å²) in [5.41, 5.74) is -0.215. The first-order valence-electron chi connectivity index (χ1n) is 5.85. The highest BCUT2D eigenvalue weighted by Gasteiger charge is 2.37. The monoisotopic (exact) mass is 214 g/mol. The lowest BCUT2D eigenvalue weighted by molar-refractivity contribution is -0.132. The van der Waals surface area contributed by atoms with Crippen LogP contribution >= 0.6 is 0 Å². The Morgan fingerprint density at radius 3 is 2.93 bits per heavy atom. The molecule has 1 amide bonds. The lowest BCUT2D eigenvalue weighted by Gasteiger charge is -2.35. The summed E-state index contributed by atoms with van der Waals surface area (Å²) in [7, 11) is 0. The van der Waals surface area contributed by atoms with Crippen LogP contribution in [0.3, 0.4) is 0 Å². The molecule has 0 radical (unpaired) electrons. The molecule has 0 aromatic heterocycles. The van der Waals surface area contributed by atoms with E-state index in [2.05, 4.69) is 17.6 Å². The lowest BCUT2D eigenvalue weighted by atomic mass is 9.77. The maximum atomic E-state index is 12.0. The van der Waals surface area contributed by atoms with Crippen LogP contribution in [0.2, 0.25) is 0 Å². The molecule has 15 heavy (non-hydrogen) atoms. The molecular weight excluding hydrogens is 192 g/mol. The van der Waals surface area contributed by atoms with Gasteiger partial charge < -0.3 is 15.7 Å². The zero-order valence-electron chi connectivity index (χ0n) is 9.51. The van der Waals surface area contributed by atoms with Crippen LogP contribution in [-0.4, -0.2) is 37.3 Å². The highest BCUT2D eigenvalue weighted by Crippen LogP contribution is 2.29. The van der Waals surface area contributed by atoms with Gasteiger partial charge in [-0.3, -0.25) is 4.79 Å². The summed E-state index contributed by atoms with van der Waals surface area (Å²) in [5, 5.41) is 14.8. The fourth-order valence-electron chi connectivity index (χ4n) is 2.09. The number of piperidine rings is 1. The maximum Gasteiger partial charge on any atom is 0.227 e. The number of hydrogen-bond acceptors (Lipinski definition) is 3. The second-order valence-corrected chi connectivity index (χ2v) is 4.25. The van der Waals surface area contributed by atoms with Gasteiger partial charge in [0.2, 0.25) is 5.91 Å². The molecule has 4 nitrogen and oxygen atoms in total. The molecule has 0 saturated carbocycles. The highest BCUT2D eigenvalue weighted by atomic mass is 16.3. The van der Waals surface area contributed by atoms with E-state index in [-0.39, 0.29) is 17.9 Å². The van der Waals surface area contributed by atoms with Gasteiger partial charge >= 0.3 is 0 Å². The summed E-state index contributed by atoms with van der Waals surface area (Å²) in [5.74, 6) is 0.144. The average molecular weight is 214 g/mol. The van der Waals surface area contributed by atoms with E-state index < -0.39 is 0 Å². The zero-order valence-corrected chi connectivity index (χ0v) is 9.51. The number of aliphatic hydroxyl groups is 1. The zero-order chi connectivity index (χ0) is 11.1. The molecule has 1 aliphatic rings. The molecule has 0 bridgehead atoms. The highest BCUT2D eigenvalue weighted by molar-refractivity contribution is 5.82. The molecule has 1 heterocycles. The molecule has 0 spiro atoms. The normalized spacial score (nSPS) is 26.3. The van der Waals surface area contributed by atoms with Gasteiger partial charge in [-0.2, -0.15) is 0 Å². The summed E-state index contributed by atoms with van der Waals surface area (Å²) in [6.45, 7) is 4.59. The fraction of sp³-hybridized carbons (Fsp3) is 0.909. The standard InChI is InChI=1S/C11H22N2O2/c1-2-11(5-3-6-12-9-11)10(15)13-7-4-8-14/h12,14H,2-9H2,1H3,(H,13,15). The van der Waals surface area contributed by atoms with Crippen LogP contribution in [0.1, 0.15) is 32.6 Å². The summed E-state index contributed by atoms with van der Waals surface area (Å²) < 4.78 is 0. The molecular formula is C11H22N2O2. The number of nitrogens with one attached hydrogen (secondary N) is 2. The number of rotatable bonds is 5. The van der Waals surface area contributed by atoms with Gasteiger partial charge in [0, 0.05) is 19.7 Å². The number of carbonyl (C=O) groups excluding carboxylic acids is 1. The Balaban J connectivity index is 2.45. The van der Waals surface area contributed by atoms with Gasteiger partial charge in [-0.15, -0.1) is 0 Å². The Bertz CT molecular complexity index is 201. The van der Waals surface area contributed by atoms with Crippen LogP contribution in [0.15, 0.2) is 0 Å². The van der Waals surface area contributed by atoms with E-state index in [0.717, 1.165) is 32.4 Å². The summed E-state index contributed by atoms with van der Waals surface area (Å²) in [4.78, 5) is 12.0. The van der Waals surface area contributed by atoms with Crippen LogP contribution in [0.5, 0.6) is 0 Å². The number of aliphatic hydroxyl groups excluding tert-OH is 1. The Labute approximate surface area is 91.4 Å². The third kappa shape index (κ3) is 3.18. The van der Waals surface area contributed by atoms with Crippen molar-refractivity contribution in [3.05, 3.63) is 0 Å². The van der Waals surface area contributed by atoms with Gasteiger partial charge in [0.1, 0.15) is 0 Å². The van der Waals surface area contributed by atoms with Gasteiger partial charge in [-0.05, 0) is 32.2 Å². The van der Waals surface area contributed by atoms with Gasteiger partial charge in [0.05, 0.1) is 5.41 Å². The van der Waals surface area contributed by atoms with Gasteiger partial charge in [-0.25, -0.2) is 0 Å². The molecule has 1 aliphatic heterocycles. The van der Waals surface area contributed by atoms with E-state index >= 15 is 0 Å². The SMILES string of the molecule is CCC1(C(=O)NCCCO)CCCNC1. The van der Waals surface area contributed by atoms with Gasteiger partial charge in [-0.1, -0.05) is 6.92 Å². The van der Waals surface area contributed by atoms with Crippen LogP contribution in [0.25, 0.3) is 0 Å². The topological polar surface area (TPSA) is 61.4 Å². The predicted octanol–water partition coefficient (Wildman–Crippen LogP) is 0.265. The Morgan fingerprint density at radius 2 is 2.40 bits per heavy atom. The minimum absolute atomic E-state index is 0.137. The molecule has 1 unspecified atom stereocenters. The first kappa shape index (κ1) is 12.5. The average Bonchev–Trinajstić information content (AvgIpc) is 2.30. The van der Waals surface area contributed by atoms with Crippen molar-refractivity contribution in [3.63, 3.8) is 0 Å². The van der Waals surface area contributed by atoms with Crippen LogP contribution < -0.4 is 10.6 Å².